The molecule has 2 atom stereocenters. The normalized spacial score (nSPS) is 25.4. The van der Waals surface area contributed by atoms with Crippen molar-refractivity contribution in [1.82, 2.24) is 9.78 Å². The molecule has 82 valence electrons. The first-order valence-electron chi connectivity index (χ1n) is 5.04. The van der Waals surface area contributed by atoms with Gasteiger partial charge in [-0.1, -0.05) is 0 Å². The Morgan fingerprint density at radius 3 is 2.87 bits per heavy atom. The van der Waals surface area contributed by atoms with E-state index in [1.165, 1.54) is 0 Å². The number of aromatic nitrogens is 2. The fourth-order valence-electron chi connectivity index (χ4n) is 1.68. The molecular formula is C10H15N3O2. The molecule has 1 saturated heterocycles. The summed E-state index contributed by atoms with van der Waals surface area (Å²) in [6.07, 6.45) is 0.703. The molecule has 1 aliphatic heterocycles. The number of anilines is 1. The number of nitrogens with zero attached hydrogens (tertiary/aromatic N) is 2. The van der Waals surface area contributed by atoms with Crippen LogP contribution in [0.3, 0.4) is 0 Å². The van der Waals surface area contributed by atoms with Gasteiger partial charge in [-0.05, 0) is 13.8 Å². The summed E-state index contributed by atoms with van der Waals surface area (Å²) in [6.45, 7) is 3.86. The van der Waals surface area contributed by atoms with Crippen LogP contribution in [0.15, 0.2) is 6.07 Å². The maximum Gasteiger partial charge on any atom is 0.329 e. The predicted molar refractivity (Wildman–Crippen MR) is 55.5 cm³/mol. The first-order valence-corrected chi connectivity index (χ1v) is 5.04. The average Bonchev–Trinajstić information content (AvgIpc) is 2.59. The summed E-state index contributed by atoms with van der Waals surface area (Å²) in [7, 11) is 1.87. The quantitative estimate of drug-likeness (QED) is 0.733. The van der Waals surface area contributed by atoms with E-state index >= 15 is 0 Å². The average molecular weight is 209 g/mol. The van der Waals surface area contributed by atoms with Crippen molar-refractivity contribution in [3.63, 3.8) is 0 Å². The first-order chi connectivity index (χ1) is 7.06. The third-order valence-corrected chi connectivity index (χ3v) is 2.61. The van der Waals surface area contributed by atoms with E-state index in [4.69, 9.17) is 4.74 Å². The molecule has 2 heterocycles. The van der Waals surface area contributed by atoms with Crippen LogP contribution in [0.1, 0.15) is 19.0 Å². The highest BCUT2D eigenvalue weighted by Crippen LogP contribution is 2.18. The number of hydrogen-bond acceptors (Lipinski definition) is 4. The van der Waals surface area contributed by atoms with Crippen molar-refractivity contribution >= 4 is 11.8 Å². The highest BCUT2D eigenvalue weighted by Gasteiger charge is 2.32. The molecule has 1 N–H and O–H groups in total. The number of carbonyl (C=O) groups is 1. The van der Waals surface area contributed by atoms with Crippen LogP contribution in [-0.2, 0) is 16.6 Å². The lowest BCUT2D eigenvalue weighted by Gasteiger charge is -2.05. The summed E-state index contributed by atoms with van der Waals surface area (Å²) in [4.78, 5) is 11.4. The van der Waals surface area contributed by atoms with Crippen molar-refractivity contribution in [2.75, 3.05) is 5.32 Å². The smallest absolute Gasteiger partial charge is 0.329 e. The number of ether oxygens (including phenoxy) is 1. The van der Waals surface area contributed by atoms with E-state index in [1.807, 2.05) is 27.0 Å². The van der Waals surface area contributed by atoms with Crippen molar-refractivity contribution in [2.45, 2.75) is 32.4 Å². The molecule has 0 bridgehead atoms. The van der Waals surface area contributed by atoms with E-state index in [0.29, 0.717) is 6.42 Å². The second-order valence-corrected chi connectivity index (χ2v) is 3.97. The van der Waals surface area contributed by atoms with Crippen LogP contribution in [0.4, 0.5) is 5.82 Å². The molecule has 0 spiro atoms. The molecule has 0 amide bonds. The Morgan fingerprint density at radius 1 is 1.67 bits per heavy atom. The molecule has 5 nitrogen and oxygen atoms in total. The van der Waals surface area contributed by atoms with Gasteiger partial charge in [0.2, 0.25) is 0 Å². The standard InChI is InChI=1S/C10H15N3O2/c1-6-4-9(12-13(6)3)11-8-5-7(2)15-10(8)14/h4,7-8H,5H2,1-3H3,(H,11,12)/t7-,8+/m0/s1. The summed E-state index contributed by atoms with van der Waals surface area (Å²) < 4.78 is 6.82. The number of rotatable bonds is 2. The van der Waals surface area contributed by atoms with Gasteiger partial charge >= 0.3 is 5.97 Å². The number of cyclic esters (lactones) is 1. The molecule has 2 rings (SSSR count). The number of hydrogen-bond donors (Lipinski definition) is 1. The molecule has 1 aliphatic rings. The zero-order valence-electron chi connectivity index (χ0n) is 9.15. The number of carbonyl (C=O) groups excluding carboxylic acids is 1. The van der Waals surface area contributed by atoms with Crippen molar-refractivity contribution < 1.29 is 9.53 Å². The molecule has 1 fully saturated rings. The van der Waals surface area contributed by atoms with Crippen molar-refractivity contribution in [1.29, 1.82) is 0 Å². The Kier molecular flexibility index (Phi) is 2.38. The lowest BCUT2D eigenvalue weighted by Crippen LogP contribution is -2.24. The summed E-state index contributed by atoms with van der Waals surface area (Å²) in [5.41, 5.74) is 1.05. The van der Waals surface area contributed by atoms with Gasteiger partial charge in [-0.15, -0.1) is 0 Å². The number of esters is 1. The number of aryl methyl sites for hydroxylation is 2. The van der Waals surface area contributed by atoms with Crippen molar-refractivity contribution in [3.05, 3.63) is 11.8 Å². The Labute approximate surface area is 88.4 Å². The fourth-order valence-corrected chi connectivity index (χ4v) is 1.68. The predicted octanol–water partition coefficient (Wildman–Crippen LogP) is 0.844. The minimum atomic E-state index is -0.255. The van der Waals surface area contributed by atoms with E-state index in [0.717, 1.165) is 11.5 Å². The van der Waals surface area contributed by atoms with Gasteiger partial charge in [0.25, 0.3) is 0 Å². The fraction of sp³-hybridized carbons (Fsp3) is 0.600. The summed E-state index contributed by atoms with van der Waals surface area (Å²) in [5.74, 6) is 0.539. The maximum atomic E-state index is 11.4. The Balaban J connectivity index is 2.06. The lowest BCUT2D eigenvalue weighted by atomic mass is 10.2. The summed E-state index contributed by atoms with van der Waals surface area (Å²) in [5, 5.41) is 7.31. The van der Waals surface area contributed by atoms with E-state index in [9.17, 15) is 4.79 Å². The highest BCUT2D eigenvalue weighted by molar-refractivity contribution is 5.80. The second-order valence-electron chi connectivity index (χ2n) is 3.97. The molecule has 0 radical (unpaired) electrons. The third-order valence-electron chi connectivity index (χ3n) is 2.61. The molecule has 0 aliphatic carbocycles. The van der Waals surface area contributed by atoms with E-state index in [-0.39, 0.29) is 18.1 Å². The molecule has 0 unspecified atom stereocenters. The molecule has 1 aromatic rings. The molecule has 15 heavy (non-hydrogen) atoms. The van der Waals surface area contributed by atoms with E-state index < -0.39 is 0 Å². The highest BCUT2D eigenvalue weighted by atomic mass is 16.6. The molecule has 5 heteroatoms. The van der Waals surface area contributed by atoms with Gasteiger partial charge in [0.1, 0.15) is 18.0 Å². The zero-order chi connectivity index (χ0) is 11.0. The van der Waals surface area contributed by atoms with Crippen LogP contribution < -0.4 is 5.32 Å². The molecule has 0 aromatic carbocycles. The van der Waals surface area contributed by atoms with Crippen LogP contribution >= 0.6 is 0 Å². The largest absolute Gasteiger partial charge is 0.461 e. The van der Waals surface area contributed by atoms with Gasteiger partial charge in [-0.25, -0.2) is 4.79 Å². The van der Waals surface area contributed by atoms with Gasteiger partial charge in [0, 0.05) is 25.2 Å². The van der Waals surface area contributed by atoms with Gasteiger partial charge in [0.05, 0.1) is 0 Å². The molecule has 1 aromatic heterocycles. The van der Waals surface area contributed by atoms with Crippen LogP contribution in [-0.4, -0.2) is 27.9 Å². The molecular weight excluding hydrogens is 194 g/mol. The summed E-state index contributed by atoms with van der Waals surface area (Å²) >= 11 is 0. The lowest BCUT2D eigenvalue weighted by molar-refractivity contribution is -0.141. The monoisotopic (exact) mass is 209 g/mol. The van der Waals surface area contributed by atoms with Gasteiger partial charge < -0.3 is 10.1 Å². The van der Waals surface area contributed by atoms with Gasteiger partial charge in [0.15, 0.2) is 0 Å². The third kappa shape index (κ3) is 1.95. The maximum absolute atomic E-state index is 11.4. The molecule has 0 saturated carbocycles. The van der Waals surface area contributed by atoms with Crippen molar-refractivity contribution in [3.8, 4) is 0 Å². The minimum Gasteiger partial charge on any atom is -0.461 e. The topological polar surface area (TPSA) is 56.1 Å². The Hall–Kier alpha value is -1.52. The van der Waals surface area contributed by atoms with Crippen LogP contribution in [0, 0.1) is 6.92 Å². The van der Waals surface area contributed by atoms with Gasteiger partial charge in [-0.3, -0.25) is 4.68 Å². The van der Waals surface area contributed by atoms with Crippen molar-refractivity contribution in [2.24, 2.45) is 7.05 Å². The van der Waals surface area contributed by atoms with Crippen LogP contribution in [0.2, 0.25) is 0 Å². The second kappa shape index (κ2) is 3.56. The summed E-state index contributed by atoms with van der Waals surface area (Å²) in [6, 6.07) is 1.66. The number of nitrogens with one attached hydrogen (secondary N) is 1. The van der Waals surface area contributed by atoms with E-state index in [1.54, 1.807) is 4.68 Å². The Bertz CT molecular complexity index is 367. The minimum absolute atomic E-state index is 0.000177. The van der Waals surface area contributed by atoms with Crippen LogP contribution in [0.5, 0.6) is 0 Å². The van der Waals surface area contributed by atoms with E-state index in [2.05, 4.69) is 10.4 Å². The van der Waals surface area contributed by atoms with Crippen LogP contribution in [0.25, 0.3) is 0 Å². The first kappa shape index (κ1) is 10.0. The SMILES string of the molecule is Cc1cc(N[C@@H]2C[C@H](C)OC2=O)nn1C. The Morgan fingerprint density at radius 2 is 2.40 bits per heavy atom. The zero-order valence-corrected chi connectivity index (χ0v) is 9.15. The van der Waals surface area contributed by atoms with Gasteiger partial charge in [-0.2, -0.15) is 5.10 Å².